The zero-order valence-corrected chi connectivity index (χ0v) is 18.9. The highest BCUT2D eigenvalue weighted by Crippen LogP contribution is 2.26. The van der Waals surface area contributed by atoms with Crippen molar-refractivity contribution in [3.63, 3.8) is 0 Å². The highest BCUT2D eigenvalue weighted by atomic mass is 79.9. The molecule has 154 valence electrons. The Bertz CT molecular complexity index is 885. The lowest BCUT2D eigenvalue weighted by atomic mass is 10.1. The molecule has 0 spiro atoms. The van der Waals surface area contributed by atoms with Crippen molar-refractivity contribution in [2.45, 2.75) is 20.3 Å². The zero-order valence-electron chi connectivity index (χ0n) is 16.5. The smallest absolute Gasteiger partial charge is 0.257 e. The topological polar surface area (TPSA) is 79.5 Å². The van der Waals surface area contributed by atoms with Crippen LogP contribution in [-0.2, 0) is 0 Å². The minimum atomic E-state index is -0.334. The van der Waals surface area contributed by atoms with Gasteiger partial charge in [0.15, 0.2) is 5.11 Å². The fourth-order valence-electron chi connectivity index (χ4n) is 2.35. The van der Waals surface area contributed by atoms with Crippen LogP contribution in [-0.4, -0.2) is 30.6 Å². The first kappa shape index (κ1) is 22.8. The average Bonchev–Trinajstić information content (AvgIpc) is 2.68. The van der Waals surface area contributed by atoms with Gasteiger partial charge >= 0.3 is 0 Å². The number of amides is 2. The maximum Gasteiger partial charge on any atom is 0.257 e. The SMILES string of the molecule is CNC(=O)c1ccc(NC(=S)NC(=O)c2ccc(OCCC(C)C)c(Br)c2)cc1. The summed E-state index contributed by atoms with van der Waals surface area (Å²) in [7, 11) is 1.57. The molecule has 0 fully saturated rings. The second-order valence-corrected chi connectivity index (χ2v) is 8.00. The van der Waals surface area contributed by atoms with Gasteiger partial charge < -0.3 is 15.4 Å². The molecule has 8 heteroatoms. The molecule has 2 rings (SSSR count). The number of anilines is 1. The number of halogens is 1. The molecule has 6 nitrogen and oxygen atoms in total. The number of carbonyl (C=O) groups excluding carboxylic acids is 2. The maximum absolute atomic E-state index is 12.4. The molecule has 0 aliphatic heterocycles. The maximum atomic E-state index is 12.4. The number of benzene rings is 2. The number of carbonyl (C=O) groups is 2. The van der Waals surface area contributed by atoms with Crippen molar-refractivity contribution >= 4 is 50.8 Å². The molecule has 0 atom stereocenters. The number of hydrogen-bond donors (Lipinski definition) is 3. The second-order valence-electron chi connectivity index (χ2n) is 6.74. The third-order valence-electron chi connectivity index (χ3n) is 4.01. The van der Waals surface area contributed by atoms with Gasteiger partial charge in [0.05, 0.1) is 11.1 Å². The van der Waals surface area contributed by atoms with Crippen LogP contribution in [0.3, 0.4) is 0 Å². The Morgan fingerprint density at radius 1 is 1.07 bits per heavy atom. The van der Waals surface area contributed by atoms with Gasteiger partial charge in [0.2, 0.25) is 0 Å². The normalized spacial score (nSPS) is 10.4. The van der Waals surface area contributed by atoms with Crippen LogP contribution < -0.4 is 20.7 Å². The van der Waals surface area contributed by atoms with Crippen molar-refractivity contribution in [3.05, 3.63) is 58.1 Å². The van der Waals surface area contributed by atoms with E-state index in [1.165, 1.54) is 0 Å². The Labute approximate surface area is 184 Å². The van der Waals surface area contributed by atoms with Crippen molar-refractivity contribution in [1.82, 2.24) is 10.6 Å². The highest BCUT2D eigenvalue weighted by molar-refractivity contribution is 9.10. The number of nitrogens with one attached hydrogen (secondary N) is 3. The molecule has 29 heavy (non-hydrogen) atoms. The predicted octanol–water partition coefficient (Wildman–Crippen LogP) is 4.36. The molecule has 0 aliphatic rings. The Balaban J connectivity index is 1.92. The van der Waals surface area contributed by atoms with E-state index in [9.17, 15) is 9.59 Å². The molecule has 0 bridgehead atoms. The predicted molar refractivity (Wildman–Crippen MR) is 123 cm³/mol. The van der Waals surface area contributed by atoms with Crippen molar-refractivity contribution in [1.29, 1.82) is 0 Å². The molecular formula is C21H24BrN3O3S. The van der Waals surface area contributed by atoms with E-state index in [0.717, 1.165) is 6.42 Å². The summed E-state index contributed by atoms with van der Waals surface area (Å²) in [6.45, 7) is 4.90. The molecule has 0 heterocycles. The van der Waals surface area contributed by atoms with Gasteiger partial charge in [-0.15, -0.1) is 0 Å². The third-order valence-corrected chi connectivity index (χ3v) is 4.83. The van der Waals surface area contributed by atoms with Crippen LogP contribution in [0.15, 0.2) is 46.9 Å². The standard InChI is InChI=1S/C21H24BrN3O3S/c1-13(2)10-11-28-18-9-6-15(12-17(18)22)20(27)25-21(29)24-16-7-4-14(5-8-16)19(26)23-3/h4-9,12-13H,10-11H2,1-3H3,(H,23,26)(H2,24,25,27,29). The van der Waals surface area contributed by atoms with Crippen LogP contribution in [0, 0.1) is 5.92 Å². The van der Waals surface area contributed by atoms with Gasteiger partial charge in [-0.2, -0.15) is 0 Å². The third kappa shape index (κ3) is 7.14. The van der Waals surface area contributed by atoms with E-state index >= 15 is 0 Å². The van der Waals surface area contributed by atoms with E-state index in [4.69, 9.17) is 17.0 Å². The molecule has 3 N–H and O–H groups in total. The average molecular weight is 478 g/mol. The number of rotatable bonds is 7. The summed E-state index contributed by atoms with van der Waals surface area (Å²) in [5.41, 5.74) is 1.65. The summed E-state index contributed by atoms with van der Waals surface area (Å²) in [6.07, 6.45) is 0.957. The van der Waals surface area contributed by atoms with Crippen molar-refractivity contribution < 1.29 is 14.3 Å². The first-order chi connectivity index (χ1) is 13.8. The van der Waals surface area contributed by atoms with Crippen LogP contribution in [0.5, 0.6) is 5.75 Å². The van der Waals surface area contributed by atoms with Gasteiger partial charge in [-0.1, -0.05) is 13.8 Å². The fraction of sp³-hybridized carbons (Fsp3) is 0.286. The summed E-state index contributed by atoms with van der Waals surface area (Å²) < 4.78 is 6.44. The van der Waals surface area contributed by atoms with E-state index in [2.05, 4.69) is 45.7 Å². The van der Waals surface area contributed by atoms with Gasteiger partial charge in [-0.3, -0.25) is 14.9 Å². The van der Waals surface area contributed by atoms with Gasteiger partial charge in [-0.25, -0.2) is 0 Å². The molecule has 0 radical (unpaired) electrons. The lowest BCUT2D eigenvalue weighted by molar-refractivity contribution is 0.0959. The summed E-state index contributed by atoms with van der Waals surface area (Å²) >= 11 is 8.64. The van der Waals surface area contributed by atoms with E-state index in [0.29, 0.717) is 39.6 Å². The Hall–Kier alpha value is -2.45. The van der Waals surface area contributed by atoms with Crippen LogP contribution in [0.4, 0.5) is 5.69 Å². The van der Waals surface area contributed by atoms with Crippen LogP contribution in [0.1, 0.15) is 41.0 Å². The van der Waals surface area contributed by atoms with E-state index in [1.807, 2.05) is 0 Å². The van der Waals surface area contributed by atoms with Gasteiger partial charge in [0.25, 0.3) is 11.8 Å². The zero-order chi connectivity index (χ0) is 21.4. The molecule has 2 aromatic carbocycles. The van der Waals surface area contributed by atoms with Crippen molar-refractivity contribution in [3.8, 4) is 5.75 Å². The quantitative estimate of drug-likeness (QED) is 0.516. The van der Waals surface area contributed by atoms with E-state index < -0.39 is 0 Å². The molecule has 0 unspecified atom stereocenters. The van der Waals surface area contributed by atoms with Gasteiger partial charge in [0, 0.05) is 23.9 Å². The number of thiocarbonyl (C=S) groups is 1. The van der Waals surface area contributed by atoms with Gasteiger partial charge in [-0.05, 0) is 83.0 Å². The molecule has 2 aromatic rings. The summed E-state index contributed by atoms with van der Waals surface area (Å²) in [4.78, 5) is 24.0. The second kappa shape index (κ2) is 10.9. The lowest BCUT2D eigenvalue weighted by Crippen LogP contribution is -2.34. The summed E-state index contributed by atoms with van der Waals surface area (Å²) in [5.74, 6) is 0.750. The molecule has 0 saturated heterocycles. The Morgan fingerprint density at radius 3 is 2.31 bits per heavy atom. The lowest BCUT2D eigenvalue weighted by Gasteiger charge is -2.12. The first-order valence-corrected chi connectivity index (χ1v) is 10.4. The Kier molecular flexibility index (Phi) is 8.60. The molecule has 0 aromatic heterocycles. The van der Waals surface area contributed by atoms with Crippen molar-refractivity contribution in [2.75, 3.05) is 19.0 Å². The van der Waals surface area contributed by atoms with Crippen LogP contribution >= 0.6 is 28.1 Å². The minimum absolute atomic E-state index is 0.163. The summed E-state index contributed by atoms with van der Waals surface area (Å²) in [5, 5.41) is 8.28. The van der Waals surface area contributed by atoms with Crippen LogP contribution in [0.2, 0.25) is 0 Å². The molecule has 0 aliphatic carbocycles. The largest absolute Gasteiger partial charge is 0.492 e. The fourth-order valence-corrected chi connectivity index (χ4v) is 3.05. The number of ether oxygens (including phenoxy) is 1. The molecule has 0 saturated carbocycles. The number of hydrogen-bond acceptors (Lipinski definition) is 4. The van der Waals surface area contributed by atoms with Crippen LogP contribution in [0.25, 0.3) is 0 Å². The van der Waals surface area contributed by atoms with Crippen molar-refractivity contribution in [2.24, 2.45) is 5.92 Å². The highest BCUT2D eigenvalue weighted by Gasteiger charge is 2.12. The summed E-state index contributed by atoms with van der Waals surface area (Å²) in [6, 6.07) is 11.9. The minimum Gasteiger partial charge on any atom is -0.492 e. The first-order valence-electron chi connectivity index (χ1n) is 9.17. The Morgan fingerprint density at radius 2 is 1.72 bits per heavy atom. The monoisotopic (exact) mass is 477 g/mol. The van der Waals surface area contributed by atoms with Gasteiger partial charge in [0.1, 0.15) is 5.75 Å². The molecule has 2 amide bonds. The van der Waals surface area contributed by atoms with E-state index in [-0.39, 0.29) is 16.9 Å². The van der Waals surface area contributed by atoms with E-state index in [1.54, 1.807) is 49.5 Å². The molecular weight excluding hydrogens is 454 g/mol.